The molecule has 1 rings (SSSR count). The molecule has 0 fully saturated rings. The Balaban J connectivity index is 2.71. The highest BCUT2D eigenvalue weighted by atomic mass is 16.5. The van der Waals surface area contributed by atoms with Crippen LogP contribution in [-0.4, -0.2) is 5.97 Å². The second-order valence-corrected chi connectivity index (χ2v) is 4.21. The molecule has 0 heterocycles. The number of carbonyl (C=O) groups is 1. The summed E-state index contributed by atoms with van der Waals surface area (Å²) in [5.41, 5.74) is 5.67. The molecule has 0 atom stereocenters. The number of rotatable bonds is 1. The minimum Gasteiger partial charge on any atom is -0.426 e. The van der Waals surface area contributed by atoms with E-state index in [1.54, 1.807) is 24.3 Å². The van der Waals surface area contributed by atoms with Crippen molar-refractivity contribution in [2.24, 2.45) is 5.41 Å². The first-order chi connectivity index (χ1) is 6.39. The fourth-order valence-electron chi connectivity index (χ4n) is 0.796. The predicted molar refractivity (Wildman–Crippen MR) is 55.9 cm³/mol. The molecule has 76 valence electrons. The van der Waals surface area contributed by atoms with Gasteiger partial charge >= 0.3 is 5.97 Å². The second kappa shape index (κ2) is 3.70. The lowest BCUT2D eigenvalue weighted by atomic mass is 9.97. The number of hydrogen-bond acceptors (Lipinski definition) is 3. The van der Waals surface area contributed by atoms with Crippen molar-refractivity contribution in [1.29, 1.82) is 0 Å². The van der Waals surface area contributed by atoms with E-state index in [0.717, 1.165) is 0 Å². The highest BCUT2D eigenvalue weighted by Crippen LogP contribution is 2.19. The van der Waals surface area contributed by atoms with Gasteiger partial charge in [-0.1, -0.05) is 0 Å². The molecule has 14 heavy (non-hydrogen) atoms. The molecule has 2 N–H and O–H groups in total. The number of hydrogen-bond donors (Lipinski definition) is 1. The molecule has 0 aliphatic carbocycles. The summed E-state index contributed by atoms with van der Waals surface area (Å²) in [4.78, 5) is 11.5. The number of anilines is 1. The van der Waals surface area contributed by atoms with E-state index in [9.17, 15) is 4.79 Å². The molecule has 1 aromatic rings. The summed E-state index contributed by atoms with van der Waals surface area (Å²) in [7, 11) is 0. The van der Waals surface area contributed by atoms with E-state index in [4.69, 9.17) is 10.5 Å². The lowest BCUT2D eigenvalue weighted by Crippen LogP contribution is -2.25. The fourth-order valence-corrected chi connectivity index (χ4v) is 0.796. The summed E-state index contributed by atoms with van der Waals surface area (Å²) < 4.78 is 5.14. The van der Waals surface area contributed by atoms with Crippen LogP contribution in [0.25, 0.3) is 0 Å². The molecule has 0 spiro atoms. The average molecular weight is 193 g/mol. The van der Waals surface area contributed by atoms with Crippen LogP contribution in [0, 0.1) is 5.41 Å². The summed E-state index contributed by atoms with van der Waals surface area (Å²) in [5.74, 6) is 0.279. The highest BCUT2D eigenvalue weighted by Gasteiger charge is 2.23. The molecule has 0 aromatic heterocycles. The van der Waals surface area contributed by atoms with E-state index in [1.165, 1.54) is 0 Å². The Morgan fingerprint density at radius 1 is 1.21 bits per heavy atom. The van der Waals surface area contributed by atoms with Crippen LogP contribution in [0.15, 0.2) is 24.3 Å². The Kier molecular flexibility index (Phi) is 2.79. The molecule has 3 nitrogen and oxygen atoms in total. The van der Waals surface area contributed by atoms with Crippen LogP contribution in [-0.2, 0) is 4.79 Å². The standard InChI is InChI=1S/C11H15NO2/c1-11(2,3)10(13)14-9-6-4-8(12)5-7-9/h4-7H,12H2,1-3H3. The quantitative estimate of drug-likeness (QED) is 0.422. The topological polar surface area (TPSA) is 52.3 Å². The summed E-state index contributed by atoms with van der Waals surface area (Å²) in [6.45, 7) is 5.44. The molecule has 0 amide bonds. The van der Waals surface area contributed by atoms with Crippen LogP contribution < -0.4 is 10.5 Å². The van der Waals surface area contributed by atoms with Gasteiger partial charge in [-0.2, -0.15) is 0 Å². The summed E-state index contributed by atoms with van der Waals surface area (Å²) >= 11 is 0. The van der Waals surface area contributed by atoms with Gasteiger partial charge in [0.2, 0.25) is 0 Å². The number of benzene rings is 1. The fraction of sp³-hybridized carbons (Fsp3) is 0.364. The van der Waals surface area contributed by atoms with Crippen LogP contribution in [0.3, 0.4) is 0 Å². The van der Waals surface area contributed by atoms with Crippen molar-refractivity contribution in [2.45, 2.75) is 20.8 Å². The number of ether oxygens (including phenoxy) is 1. The molecule has 0 saturated heterocycles. The van der Waals surface area contributed by atoms with Crippen molar-refractivity contribution < 1.29 is 9.53 Å². The zero-order valence-electron chi connectivity index (χ0n) is 8.70. The van der Waals surface area contributed by atoms with Gasteiger partial charge in [0.05, 0.1) is 5.41 Å². The normalized spacial score (nSPS) is 11.1. The maximum absolute atomic E-state index is 11.5. The third-order valence-corrected chi connectivity index (χ3v) is 1.70. The van der Waals surface area contributed by atoms with E-state index >= 15 is 0 Å². The Morgan fingerprint density at radius 2 is 1.71 bits per heavy atom. The number of carbonyl (C=O) groups excluding carboxylic acids is 1. The van der Waals surface area contributed by atoms with Gasteiger partial charge in [-0.15, -0.1) is 0 Å². The molecule has 0 radical (unpaired) electrons. The monoisotopic (exact) mass is 193 g/mol. The van der Waals surface area contributed by atoms with Crippen molar-refractivity contribution in [3.05, 3.63) is 24.3 Å². The second-order valence-electron chi connectivity index (χ2n) is 4.21. The predicted octanol–water partition coefficient (Wildman–Crippen LogP) is 2.22. The van der Waals surface area contributed by atoms with Crippen molar-refractivity contribution in [1.82, 2.24) is 0 Å². The van der Waals surface area contributed by atoms with Crippen molar-refractivity contribution in [3.63, 3.8) is 0 Å². The van der Waals surface area contributed by atoms with Crippen LogP contribution in [0.5, 0.6) is 5.75 Å². The molecule has 3 heteroatoms. The minimum atomic E-state index is -0.485. The van der Waals surface area contributed by atoms with Gasteiger partial charge in [-0.25, -0.2) is 0 Å². The third-order valence-electron chi connectivity index (χ3n) is 1.70. The van der Waals surface area contributed by atoms with E-state index in [2.05, 4.69) is 0 Å². The van der Waals surface area contributed by atoms with Gasteiger partial charge in [0.15, 0.2) is 0 Å². The van der Waals surface area contributed by atoms with E-state index in [-0.39, 0.29) is 5.97 Å². The Labute approximate surface area is 83.9 Å². The Hall–Kier alpha value is -1.51. The number of esters is 1. The van der Waals surface area contributed by atoms with Gasteiger partial charge in [0.25, 0.3) is 0 Å². The van der Waals surface area contributed by atoms with Crippen molar-refractivity contribution in [3.8, 4) is 5.75 Å². The minimum absolute atomic E-state index is 0.248. The molecule has 0 unspecified atom stereocenters. The number of nitrogens with two attached hydrogens (primary N) is 1. The number of nitrogen functional groups attached to an aromatic ring is 1. The zero-order chi connectivity index (χ0) is 10.8. The molecular weight excluding hydrogens is 178 g/mol. The van der Waals surface area contributed by atoms with Crippen LogP contribution in [0.4, 0.5) is 5.69 Å². The first kappa shape index (κ1) is 10.6. The lowest BCUT2D eigenvalue weighted by molar-refractivity contribution is -0.142. The molecule has 0 bridgehead atoms. The SMILES string of the molecule is CC(C)(C)C(=O)Oc1ccc(N)cc1. The van der Waals surface area contributed by atoms with Gasteiger partial charge in [-0.05, 0) is 45.0 Å². The summed E-state index contributed by atoms with van der Waals surface area (Å²) in [5, 5.41) is 0. The first-order valence-corrected chi connectivity index (χ1v) is 4.47. The smallest absolute Gasteiger partial charge is 0.316 e. The molecule has 1 aromatic carbocycles. The van der Waals surface area contributed by atoms with Gasteiger partial charge < -0.3 is 10.5 Å². The third kappa shape index (κ3) is 2.76. The molecule has 0 aliphatic heterocycles. The summed E-state index contributed by atoms with van der Waals surface area (Å²) in [6, 6.07) is 6.76. The zero-order valence-corrected chi connectivity index (χ0v) is 8.70. The van der Waals surface area contributed by atoms with Crippen LogP contribution in [0.2, 0.25) is 0 Å². The first-order valence-electron chi connectivity index (χ1n) is 4.47. The van der Waals surface area contributed by atoms with Gasteiger partial charge in [-0.3, -0.25) is 4.79 Å². The van der Waals surface area contributed by atoms with Crippen LogP contribution in [0.1, 0.15) is 20.8 Å². The van der Waals surface area contributed by atoms with Gasteiger partial charge in [0.1, 0.15) is 5.75 Å². The molecule has 0 aliphatic rings. The maximum atomic E-state index is 11.5. The summed E-state index contributed by atoms with van der Waals surface area (Å²) in [6.07, 6.45) is 0. The van der Waals surface area contributed by atoms with E-state index in [0.29, 0.717) is 11.4 Å². The maximum Gasteiger partial charge on any atom is 0.316 e. The molecule has 0 saturated carbocycles. The molecular formula is C11H15NO2. The van der Waals surface area contributed by atoms with Crippen molar-refractivity contribution >= 4 is 11.7 Å². The van der Waals surface area contributed by atoms with E-state index in [1.807, 2.05) is 20.8 Å². The average Bonchev–Trinajstić information content (AvgIpc) is 2.07. The highest BCUT2D eigenvalue weighted by molar-refractivity contribution is 5.77. The van der Waals surface area contributed by atoms with E-state index < -0.39 is 5.41 Å². The largest absolute Gasteiger partial charge is 0.426 e. The van der Waals surface area contributed by atoms with Crippen LogP contribution >= 0.6 is 0 Å². The Bertz CT molecular complexity index is 322. The van der Waals surface area contributed by atoms with Crippen molar-refractivity contribution in [2.75, 3.05) is 5.73 Å². The lowest BCUT2D eigenvalue weighted by Gasteiger charge is -2.16. The van der Waals surface area contributed by atoms with Gasteiger partial charge in [0, 0.05) is 5.69 Å². The Morgan fingerprint density at radius 3 is 2.14 bits per heavy atom.